The molecule has 0 spiro atoms. The molecule has 0 bridgehead atoms. The summed E-state index contributed by atoms with van der Waals surface area (Å²) in [6.45, 7) is 1.85. The molecule has 0 radical (unpaired) electrons. The second-order valence-corrected chi connectivity index (χ2v) is 3.04. The van der Waals surface area contributed by atoms with Crippen molar-refractivity contribution < 1.29 is 9.47 Å². The van der Waals surface area contributed by atoms with Gasteiger partial charge in [0.25, 0.3) is 0 Å². The molecule has 5 nitrogen and oxygen atoms in total. The van der Waals surface area contributed by atoms with Gasteiger partial charge in [-0.05, 0) is 0 Å². The predicted octanol–water partition coefficient (Wildman–Crippen LogP) is -0.429. The van der Waals surface area contributed by atoms with Crippen LogP contribution in [0.25, 0.3) is 0 Å². The van der Waals surface area contributed by atoms with Gasteiger partial charge in [-0.15, -0.1) is 0 Å². The van der Waals surface area contributed by atoms with Crippen LogP contribution in [-0.2, 0) is 9.47 Å². The van der Waals surface area contributed by atoms with Crippen LogP contribution >= 0.6 is 11.8 Å². The maximum absolute atomic E-state index is 5.32. The Morgan fingerprint density at radius 3 is 2.75 bits per heavy atom. The molecular formula is C6H15N3O2S. The van der Waals surface area contributed by atoms with Gasteiger partial charge in [-0.2, -0.15) is 5.10 Å². The number of amidine groups is 1. The standard InChI is InChI=1S/C6H15N3O2S/c1-10-2-3-11-4-5-12-6(7)9-8/h2-5,8H2,1H3,(H2,7,9). The van der Waals surface area contributed by atoms with E-state index in [1.165, 1.54) is 11.8 Å². The second-order valence-electron chi connectivity index (χ2n) is 1.92. The Hall–Kier alpha value is -0.460. The van der Waals surface area contributed by atoms with Gasteiger partial charge in [-0.3, -0.25) is 0 Å². The van der Waals surface area contributed by atoms with Crippen molar-refractivity contribution in [2.75, 3.05) is 32.7 Å². The van der Waals surface area contributed by atoms with Crippen LogP contribution < -0.4 is 11.6 Å². The minimum atomic E-state index is 0.380. The van der Waals surface area contributed by atoms with E-state index >= 15 is 0 Å². The fourth-order valence-corrected chi connectivity index (χ4v) is 0.972. The van der Waals surface area contributed by atoms with Gasteiger partial charge in [0, 0.05) is 12.9 Å². The lowest BCUT2D eigenvalue weighted by Crippen LogP contribution is -2.12. The summed E-state index contributed by atoms with van der Waals surface area (Å²) >= 11 is 1.37. The van der Waals surface area contributed by atoms with Crippen molar-refractivity contribution >= 4 is 16.9 Å². The molecule has 72 valence electrons. The first-order valence-electron chi connectivity index (χ1n) is 3.54. The van der Waals surface area contributed by atoms with E-state index in [4.69, 9.17) is 21.1 Å². The average Bonchev–Trinajstić information content (AvgIpc) is 2.10. The van der Waals surface area contributed by atoms with Crippen LogP contribution in [0.5, 0.6) is 0 Å². The van der Waals surface area contributed by atoms with E-state index in [-0.39, 0.29) is 0 Å². The highest BCUT2D eigenvalue weighted by Crippen LogP contribution is 1.97. The van der Waals surface area contributed by atoms with Gasteiger partial charge >= 0.3 is 0 Å². The smallest absolute Gasteiger partial charge is 0.177 e. The van der Waals surface area contributed by atoms with Crippen LogP contribution in [-0.4, -0.2) is 37.9 Å². The molecule has 0 heterocycles. The molecule has 0 aromatic carbocycles. The lowest BCUT2D eigenvalue weighted by molar-refractivity contribution is 0.0790. The SMILES string of the molecule is COCCOCCSC(N)=NN. The number of thioether (sulfide) groups is 1. The molecular weight excluding hydrogens is 178 g/mol. The Morgan fingerprint density at radius 2 is 2.17 bits per heavy atom. The van der Waals surface area contributed by atoms with Crippen LogP contribution in [0.2, 0.25) is 0 Å². The molecule has 6 heteroatoms. The summed E-state index contributed by atoms with van der Waals surface area (Å²) in [7, 11) is 1.64. The lowest BCUT2D eigenvalue weighted by atomic mass is 10.7. The molecule has 12 heavy (non-hydrogen) atoms. The zero-order valence-electron chi connectivity index (χ0n) is 7.16. The fraction of sp³-hybridized carbons (Fsp3) is 0.833. The van der Waals surface area contributed by atoms with Gasteiger partial charge in [0.2, 0.25) is 0 Å². The Morgan fingerprint density at radius 1 is 1.42 bits per heavy atom. The van der Waals surface area contributed by atoms with Crippen molar-refractivity contribution in [1.82, 2.24) is 0 Å². The highest BCUT2D eigenvalue weighted by molar-refractivity contribution is 8.13. The highest BCUT2D eigenvalue weighted by atomic mass is 32.2. The molecule has 4 N–H and O–H groups in total. The zero-order valence-corrected chi connectivity index (χ0v) is 7.97. The number of rotatable bonds is 6. The molecule has 0 unspecified atom stereocenters. The van der Waals surface area contributed by atoms with Crippen LogP contribution in [0, 0.1) is 0 Å². The molecule has 0 aliphatic carbocycles. The molecule has 0 atom stereocenters. The quantitative estimate of drug-likeness (QED) is 0.197. The third-order valence-corrected chi connectivity index (χ3v) is 1.81. The minimum Gasteiger partial charge on any atom is -0.382 e. The monoisotopic (exact) mass is 193 g/mol. The van der Waals surface area contributed by atoms with E-state index in [1.807, 2.05) is 0 Å². The summed E-state index contributed by atoms with van der Waals surface area (Å²) in [5.41, 5.74) is 5.32. The molecule has 0 aliphatic rings. The molecule has 0 aromatic heterocycles. The maximum atomic E-state index is 5.32. The Balaban J connectivity index is 3.00. The van der Waals surface area contributed by atoms with Crippen molar-refractivity contribution in [1.29, 1.82) is 0 Å². The van der Waals surface area contributed by atoms with Gasteiger partial charge in [-0.25, -0.2) is 0 Å². The summed E-state index contributed by atoms with van der Waals surface area (Å²) in [6, 6.07) is 0. The van der Waals surface area contributed by atoms with Crippen LogP contribution in [0.15, 0.2) is 5.10 Å². The number of methoxy groups -OCH3 is 1. The lowest BCUT2D eigenvalue weighted by Gasteiger charge is -2.02. The summed E-state index contributed by atoms with van der Waals surface area (Å²) < 4.78 is 9.96. The second kappa shape index (κ2) is 8.63. The third kappa shape index (κ3) is 7.64. The van der Waals surface area contributed by atoms with Crippen molar-refractivity contribution in [3.8, 4) is 0 Å². The predicted molar refractivity (Wildman–Crippen MR) is 51.0 cm³/mol. The normalized spacial score (nSPS) is 11.9. The van der Waals surface area contributed by atoms with E-state index in [0.717, 1.165) is 5.75 Å². The van der Waals surface area contributed by atoms with Crippen molar-refractivity contribution in [3.63, 3.8) is 0 Å². The number of ether oxygens (including phenoxy) is 2. The summed E-state index contributed by atoms with van der Waals surface area (Å²) in [5.74, 6) is 5.68. The highest BCUT2D eigenvalue weighted by Gasteiger charge is 1.92. The van der Waals surface area contributed by atoms with Gasteiger partial charge in [0.1, 0.15) is 0 Å². The molecule has 0 aliphatic heterocycles. The summed E-state index contributed by atoms with van der Waals surface area (Å²) in [4.78, 5) is 0. The number of hydrogen-bond acceptors (Lipinski definition) is 5. The molecule has 0 saturated heterocycles. The fourth-order valence-electron chi connectivity index (χ4n) is 0.487. The van der Waals surface area contributed by atoms with E-state index in [1.54, 1.807) is 7.11 Å². The Bertz CT molecular complexity index is 132. The maximum Gasteiger partial charge on any atom is 0.177 e. The Kier molecular flexibility index (Phi) is 8.30. The van der Waals surface area contributed by atoms with E-state index in [0.29, 0.717) is 25.0 Å². The Labute approximate surface area is 76.5 Å². The molecule has 0 amide bonds. The number of hydrazone groups is 1. The van der Waals surface area contributed by atoms with E-state index in [9.17, 15) is 0 Å². The topological polar surface area (TPSA) is 82.9 Å². The average molecular weight is 193 g/mol. The van der Waals surface area contributed by atoms with Crippen LogP contribution in [0.1, 0.15) is 0 Å². The number of nitrogens with zero attached hydrogens (tertiary/aromatic N) is 1. The molecule has 0 saturated carbocycles. The zero-order chi connectivity index (χ0) is 9.23. The van der Waals surface area contributed by atoms with E-state index in [2.05, 4.69) is 5.10 Å². The van der Waals surface area contributed by atoms with Gasteiger partial charge < -0.3 is 21.1 Å². The van der Waals surface area contributed by atoms with Crippen molar-refractivity contribution in [2.24, 2.45) is 16.7 Å². The van der Waals surface area contributed by atoms with Crippen molar-refractivity contribution in [3.05, 3.63) is 0 Å². The van der Waals surface area contributed by atoms with Gasteiger partial charge in [-0.1, -0.05) is 11.8 Å². The van der Waals surface area contributed by atoms with Crippen LogP contribution in [0.3, 0.4) is 0 Å². The largest absolute Gasteiger partial charge is 0.382 e. The molecule has 0 rings (SSSR count). The van der Waals surface area contributed by atoms with Gasteiger partial charge in [0.15, 0.2) is 5.17 Å². The number of nitrogens with two attached hydrogens (primary N) is 2. The van der Waals surface area contributed by atoms with Gasteiger partial charge in [0.05, 0.1) is 19.8 Å². The summed E-state index contributed by atoms with van der Waals surface area (Å²) in [5, 5.41) is 3.68. The van der Waals surface area contributed by atoms with Crippen molar-refractivity contribution in [2.45, 2.75) is 0 Å². The first-order chi connectivity index (χ1) is 5.81. The first-order valence-corrected chi connectivity index (χ1v) is 4.52. The number of hydrogen-bond donors (Lipinski definition) is 2. The third-order valence-electron chi connectivity index (χ3n) is 1.04. The van der Waals surface area contributed by atoms with E-state index < -0.39 is 0 Å². The van der Waals surface area contributed by atoms with Crippen LogP contribution in [0.4, 0.5) is 0 Å². The minimum absolute atomic E-state index is 0.380. The first kappa shape index (κ1) is 11.5. The molecule has 0 aromatic rings. The molecule has 0 fully saturated rings. The summed E-state index contributed by atoms with van der Waals surface area (Å²) in [6.07, 6.45) is 0.